The van der Waals surface area contributed by atoms with E-state index in [1.807, 2.05) is 25.8 Å². The molecule has 0 aromatic carbocycles. The number of carbonyl (C=O) groups excluding carboxylic acids is 3. The lowest BCUT2D eigenvalue weighted by Crippen LogP contribution is -2.45. The average molecular weight is 257 g/mol. The van der Waals surface area contributed by atoms with Gasteiger partial charge < -0.3 is 15.4 Å². The van der Waals surface area contributed by atoms with Crippen LogP contribution in [0.1, 0.15) is 26.7 Å². The fourth-order valence-electron chi connectivity index (χ4n) is 1.51. The topological polar surface area (TPSA) is 78.5 Å². The van der Waals surface area contributed by atoms with Crippen molar-refractivity contribution in [2.75, 3.05) is 26.7 Å². The molecule has 0 saturated carbocycles. The zero-order valence-electron chi connectivity index (χ0n) is 11.4. The van der Waals surface area contributed by atoms with Gasteiger partial charge in [0.05, 0.1) is 12.6 Å². The number of amides is 2. The van der Waals surface area contributed by atoms with E-state index in [0.29, 0.717) is 19.4 Å². The van der Waals surface area contributed by atoms with Crippen LogP contribution < -0.4 is 10.6 Å². The van der Waals surface area contributed by atoms with Crippen molar-refractivity contribution in [3.8, 4) is 0 Å². The van der Waals surface area contributed by atoms with Crippen molar-refractivity contribution in [3.05, 3.63) is 0 Å². The van der Waals surface area contributed by atoms with Gasteiger partial charge in [0, 0.05) is 19.5 Å². The molecule has 2 aliphatic heterocycles. The van der Waals surface area contributed by atoms with Crippen LogP contribution in [0.5, 0.6) is 0 Å². The van der Waals surface area contributed by atoms with Crippen LogP contribution in [-0.4, -0.2) is 55.7 Å². The number of piperazine rings is 1. The summed E-state index contributed by atoms with van der Waals surface area (Å²) in [7, 11) is 1.94. The summed E-state index contributed by atoms with van der Waals surface area (Å²) in [5.41, 5.74) is 0. The molecule has 2 rings (SSSR count). The summed E-state index contributed by atoms with van der Waals surface area (Å²) in [5, 5.41) is 5.23. The van der Waals surface area contributed by atoms with Gasteiger partial charge in [0.2, 0.25) is 11.8 Å². The first-order valence-electron chi connectivity index (χ1n) is 6.31. The van der Waals surface area contributed by atoms with Gasteiger partial charge >= 0.3 is 0 Å². The Labute approximate surface area is 108 Å². The van der Waals surface area contributed by atoms with E-state index in [1.165, 1.54) is 0 Å². The summed E-state index contributed by atoms with van der Waals surface area (Å²) in [4.78, 5) is 32.8. The van der Waals surface area contributed by atoms with Crippen LogP contribution in [0.3, 0.4) is 0 Å². The van der Waals surface area contributed by atoms with Crippen molar-refractivity contribution in [2.45, 2.75) is 32.7 Å². The number of rotatable bonds is 1. The molecule has 6 nitrogen and oxygen atoms in total. The number of carbonyl (C=O) groups is 3. The lowest BCUT2D eigenvalue weighted by atomic mass is 10.2. The molecule has 2 amide bonds. The zero-order valence-corrected chi connectivity index (χ0v) is 11.4. The highest BCUT2D eigenvalue weighted by molar-refractivity contribution is 5.83. The SMILES string of the molecule is CC.CN1CCNC(=O)C1.O=CC1CCC(=O)N1. The molecule has 0 radical (unpaired) electrons. The molecule has 0 spiro atoms. The second-order valence-electron chi connectivity index (χ2n) is 3.94. The van der Waals surface area contributed by atoms with Crippen LogP contribution in [0.4, 0.5) is 0 Å². The van der Waals surface area contributed by atoms with Gasteiger partial charge in [-0.3, -0.25) is 14.5 Å². The summed E-state index contributed by atoms with van der Waals surface area (Å²) in [6, 6.07) is -0.206. The first-order valence-corrected chi connectivity index (χ1v) is 6.31. The van der Waals surface area contributed by atoms with Gasteiger partial charge in [-0.1, -0.05) is 13.8 Å². The third kappa shape index (κ3) is 7.01. The van der Waals surface area contributed by atoms with E-state index >= 15 is 0 Å². The highest BCUT2D eigenvalue weighted by atomic mass is 16.2. The molecule has 0 aromatic rings. The quantitative estimate of drug-likeness (QED) is 0.623. The van der Waals surface area contributed by atoms with Crippen molar-refractivity contribution in [3.63, 3.8) is 0 Å². The molecule has 18 heavy (non-hydrogen) atoms. The molecule has 0 bridgehead atoms. The lowest BCUT2D eigenvalue weighted by Gasteiger charge is -2.21. The van der Waals surface area contributed by atoms with Gasteiger partial charge in [0.1, 0.15) is 6.29 Å². The number of nitrogens with one attached hydrogen (secondary N) is 2. The number of aldehydes is 1. The highest BCUT2D eigenvalue weighted by Gasteiger charge is 2.18. The maximum Gasteiger partial charge on any atom is 0.234 e. The van der Waals surface area contributed by atoms with Crippen LogP contribution in [0.2, 0.25) is 0 Å². The molecule has 0 aromatic heterocycles. The van der Waals surface area contributed by atoms with E-state index in [1.54, 1.807) is 0 Å². The Morgan fingerprint density at radius 1 is 1.28 bits per heavy atom. The van der Waals surface area contributed by atoms with E-state index in [0.717, 1.165) is 19.4 Å². The van der Waals surface area contributed by atoms with Crippen molar-refractivity contribution < 1.29 is 14.4 Å². The number of hydrogen-bond donors (Lipinski definition) is 2. The van der Waals surface area contributed by atoms with Crippen LogP contribution >= 0.6 is 0 Å². The van der Waals surface area contributed by atoms with Gasteiger partial charge in [-0.2, -0.15) is 0 Å². The van der Waals surface area contributed by atoms with Crippen LogP contribution in [0.15, 0.2) is 0 Å². The minimum atomic E-state index is -0.206. The predicted octanol–water partition coefficient (Wildman–Crippen LogP) is -0.462. The van der Waals surface area contributed by atoms with E-state index < -0.39 is 0 Å². The van der Waals surface area contributed by atoms with E-state index in [4.69, 9.17) is 0 Å². The largest absolute Gasteiger partial charge is 0.354 e. The van der Waals surface area contributed by atoms with Gasteiger partial charge in [-0.25, -0.2) is 0 Å². The number of likely N-dealkylation sites (N-methyl/N-ethyl adjacent to an activating group) is 1. The lowest BCUT2D eigenvalue weighted by molar-refractivity contribution is -0.123. The molecule has 1 unspecified atom stereocenters. The third-order valence-corrected chi connectivity index (χ3v) is 2.42. The standard InChI is InChI=1S/C5H10N2O.C5H7NO2.C2H6/c1-7-3-2-6-5(8)4-7;7-3-4-1-2-5(8)6-4;1-2/h2-4H2,1H3,(H,6,8);3-4H,1-2H2,(H,6,8);1-2H3. The Bertz CT molecular complexity index is 282. The van der Waals surface area contributed by atoms with E-state index in [2.05, 4.69) is 10.6 Å². The van der Waals surface area contributed by atoms with Gasteiger partial charge in [-0.05, 0) is 13.5 Å². The summed E-state index contributed by atoms with van der Waals surface area (Å²) >= 11 is 0. The Kier molecular flexibility index (Phi) is 8.82. The minimum absolute atomic E-state index is 0.0119. The second-order valence-corrected chi connectivity index (χ2v) is 3.94. The Hall–Kier alpha value is -1.43. The summed E-state index contributed by atoms with van der Waals surface area (Å²) in [6.45, 7) is 6.33. The first-order chi connectivity index (χ1) is 8.61. The molecule has 2 N–H and O–H groups in total. The highest BCUT2D eigenvalue weighted by Crippen LogP contribution is 2.02. The van der Waals surface area contributed by atoms with Gasteiger partial charge in [-0.15, -0.1) is 0 Å². The summed E-state index contributed by atoms with van der Waals surface area (Å²) in [5.74, 6) is 0.126. The van der Waals surface area contributed by atoms with Gasteiger partial charge in [0.25, 0.3) is 0 Å². The Morgan fingerprint density at radius 3 is 2.22 bits per heavy atom. The van der Waals surface area contributed by atoms with Gasteiger partial charge in [0.15, 0.2) is 0 Å². The van der Waals surface area contributed by atoms with Crippen molar-refractivity contribution >= 4 is 18.1 Å². The molecule has 104 valence electrons. The molecule has 2 saturated heterocycles. The van der Waals surface area contributed by atoms with Crippen LogP contribution in [0, 0.1) is 0 Å². The molecule has 0 aliphatic carbocycles. The molecule has 1 atom stereocenters. The smallest absolute Gasteiger partial charge is 0.234 e. The molecular weight excluding hydrogens is 234 g/mol. The van der Waals surface area contributed by atoms with Crippen molar-refractivity contribution in [2.24, 2.45) is 0 Å². The van der Waals surface area contributed by atoms with Crippen molar-refractivity contribution in [1.29, 1.82) is 0 Å². The second kappa shape index (κ2) is 9.58. The van der Waals surface area contributed by atoms with Crippen molar-refractivity contribution in [1.82, 2.24) is 15.5 Å². The minimum Gasteiger partial charge on any atom is -0.354 e. The van der Waals surface area contributed by atoms with Crippen LogP contribution in [0.25, 0.3) is 0 Å². The monoisotopic (exact) mass is 257 g/mol. The molecule has 2 fully saturated rings. The predicted molar refractivity (Wildman–Crippen MR) is 69.1 cm³/mol. The Balaban J connectivity index is 0.000000283. The maximum absolute atomic E-state index is 10.5. The summed E-state index contributed by atoms with van der Waals surface area (Å²) < 4.78 is 0. The zero-order chi connectivity index (χ0) is 14.0. The van der Waals surface area contributed by atoms with E-state index in [-0.39, 0.29) is 17.9 Å². The van der Waals surface area contributed by atoms with Crippen LogP contribution in [-0.2, 0) is 14.4 Å². The maximum atomic E-state index is 10.5. The molecular formula is C12H23N3O3. The number of hydrogen-bond acceptors (Lipinski definition) is 4. The fraction of sp³-hybridized carbons (Fsp3) is 0.750. The Morgan fingerprint density at radius 2 is 1.94 bits per heavy atom. The normalized spacial score (nSPS) is 22.7. The average Bonchev–Trinajstić information content (AvgIpc) is 2.78. The third-order valence-electron chi connectivity index (χ3n) is 2.42. The molecule has 2 aliphatic rings. The molecule has 6 heteroatoms. The fourth-order valence-corrected chi connectivity index (χ4v) is 1.51. The van der Waals surface area contributed by atoms with E-state index in [9.17, 15) is 14.4 Å². The molecule has 2 heterocycles. The number of nitrogens with zero attached hydrogens (tertiary/aromatic N) is 1. The summed E-state index contributed by atoms with van der Waals surface area (Å²) in [6.07, 6.45) is 1.94. The first kappa shape index (κ1) is 16.6.